The van der Waals surface area contributed by atoms with E-state index >= 15 is 0 Å². The fourth-order valence-electron chi connectivity index (χ4n) is 4.16. The highest BCUT2D eigenvalue weighted by atomic mass is 32.1. The first-order valence-electron chi connectivity index (χ1n) is 10.4. The number of carbonyl (C=O) groups excluding carboxylic acids is 2. The van der Waals surface area contributed by atoms with E-state index in [2.05, 4.69) is 12.2 Å². The van der Waals surface area contributed by atoms with Crippen molar-refractivity contribution in [2.45, 2.75) is 65.4 Å². The molecule has 0 bridgehead atoms. The molecular formula is C22H29NO5S. The lowest BCUT2D eigenvalue weighted by atomic mass is 9.82. The van der Waals surface area contributed by atoms with Crippen molar-refractivity contribution < 1.29 is 24.2 Å². The monoisotopic (exact) mass is 419 g/mol. The molecule has 0 aliphatic heterocycles. The largest absolute Gasteiger partial charge is 0.481 e. The highest BCUT2D eigenvalue weighted by molar-refractivity contribution is 7.17. The van der Waals surface area contributed by atoms with Crippen molar-refractivity contribution in [1.29, 1.82) is 0 Å². The van der Waals surface area contributed by atoms with E-state index < -0.39 is 23.8 Å². The Morgan fingerprint density at radius 3 is 2.55 bits per heavy atom. The third kappa shape index (κ3) is 4.71. The predicted molar refractivity (Wildman–Crippen MR) is 112 cm³/mol. The van der Waals surface area contributed by atoms with Gasteiger partial charge in [-0.05, 0) is 57.4 Å². The van der Waals surface area contributed by atoms with E-state index in [1.54, 1.807) is 13.8 Å². The van der Waals surface area contributed by atoms with Gasteiger partial charge in [0.2, 0.25) is 5.91 Å². The standard InChI is InChI=1S/C22H29NO5S/c1-4-13-9-10-16-17(11-13)29-20(18(16)22(27)28-12(2)3)23-19(24)14-7-5-6-8-15(14)21(25)26/h5-6,12-15H,4,7-11H2,1-3H3,(H,23,24)(H,25,26)/t13-,14+,15-/m0/s1. The molecule has 0 saturated carbocycles. The zero-order chi connectivity index (χ0) is 21.1. The Bertz CT molecular complexity index is 825. The molecule has 1 amide bonds. The number of ether oxygens (including phenoxy) is 1. The minimum Gasteiger partial charge on any atom is -0.481 e. The summed E-state index contributed by atoms with van der Waals surface area (Å²) in [5.41, 5.74) is 1.44. The molecule has 29 heavy (non-hydrogen) atoms. The number of esters is 1. The third-order valence-corrected chi connectivity index (χ3v) is 6.98. The Balaban J connectivity index is 1.90. The molecule has 0 unspecified atom stereocenters. The van der Waals surface area contributed by atoms with E-state index in [1.807, 2.05) is 12.2 Å². The molecule has 2 aliphatic rings. The molecule has 3 rings (SSSR count). The number of aliphatic carboxylic acids is 1. The quantitative estimate of drug-likeness (QED) is 0.525. The number of fused-ring (bicyclic) bond motifs is 1. The minimum atomic E-state index is -0.967. The molecule has 0 aromatic carbocycles. The number of carbonyl (C=O) groups is 3. The lowest BCUT2D eigenvalue weighted by Gasteiger charge is -2.24. The summed E-state index contributed by atoms with van der Waals surface area (Å²) in [4.78, 5) is 38.5. The van der Waals surface area contributed by atoms with Crippen molar-refractivity contribution in [3.8, 4) is 0 Å². The third-order valence-electron chi connectivity index (χ3n) is 5.81. The van der Waals surface area contributed by atoms with Gasteiger partial charge in [0.25, 0.3) is 0 Å². The first-order valence-corrected chi connectivity index (χ1v) is 11.2. The highest BCUT2D eigenvalue weighted by Gasteiger charge is 2.36. The molecule has 158 valence electrons. The summed E-state index contributed by atoms with van der Waals surface area (Å²) in [7, 11) is 0. The lowest BCUT2D eigenvalue weighted by molar-refractivity contribution is -0.146. The summed E-state index contributed by atoms with van der Waals surface area (Å²) in [6.07, 6.45) is 7.93. The summed E-state index contributed by atoms with van der Waals surface area (Å²) in [5.74, 6) is -2.53. The van der Waals surface area contributed by atoms with Gasteiger partial charge >= 0.3 is 11.9 Å². The number of thiophene rings is 1. The number of nitrogens with one attached hydrogen (secondary N) is 1. The van der Waals surface area contributed by atoms with Gasteiger partial charge in [-0.25, -0.2) is 4.79 Å². The number of carboxylic acid groups (broad SMARTS) is 1. The van der Waals surface area contributed by atoms with Gasteiger partial charge in [-0.15, -0.1) is 11.3 Å². The van der Waals surface area contributed by atoms with Gasteiger partial charge in [-0.3, -0.25) is 9.59 Å². The van der Waals surface area contributed by atoms with Crippen molar-refractivity contribution in [1.82, 2.24) is 0 Å². The summed E-state index contributed by atoms with van der Waals surface area (Å²) >= 11 is 1.44. The molecule has 1 aromatic rings. The zero-order valence-corrected chi connectivity index (χ0v) is 18.0. The van der Waals surface area contributed by atoms with E-state index in [0.717, 1.165) is 36.1 Å². The second-order valence-corrected chi connectivity index (χ2v) is 9.27. The second-order valence-electron chi connectivity index (χ2n) is 8.16. The number of anilines is 1. The van der Waals surface area contributed by atoms with Crippen LogP contribution in [0.1, 0.15) is 67.3 Å². The summed E-state index contributed by atoms with van der Waals surface area (Å²) in [6.45, 7) is 5.77. The molecular weight excluding hydrogens is 390 g/mol. The maximum Gasteiger partial charge on any atom is 0.341 e. The van der Waals surface area contributed by atoms with Crippen LogP contribution in [0.25, 0.3) is 0 Å². The van der Waals surface area contributed by atoms with Crippen molar-refractivity contribution >= 4 is 34.2 Å². The Morgan fingerprint density at radius 2 is 1.93 bits per heavy atom. The van der Waals surface area contributed by atoms with Gasteiger partial charge in [0.05, 0.1) is 23.5 Å². The summed E-state index contributed by atoms with van der Waals surface area (Å²) in [5, 5.41) is 12.9. The smallest absolute Gasteiger partial charge is 0.341 e. The summed E-state index contributed by atoms with van der Waals surface area (Å²) < 4.78 is 5.45. The molecule has 2 N–H and O–H groups in total. The molecule has 1 heterocycles. The average molecular weight is 420 g/mol. The van der Waals surface area contributed by atoms with Crippen molar-refractivity contribution in [2.75, 3.05) is 5.32 Å². The highest BCUT2D eigenvalue weighted by Crippen LogP contribution is 2.41. The molecule has 3 atom stereocenters. The molecule has 2 aliphatic carbocycles. The van der Waals surface area contributed by atoms with Crippen LogP contribution in [0.5, 0.6) is 0 Å². The van der Waals surface area contributed by atoms with Crippen LogP contribution in [0.3, 0.4) is 0 Å². The Morgan fingerprint density at radius 1 is 1.24 bits per heavy atom. The van der Waals surface area contributed by atoms with E-state index in [0.29, 0.717) is 29.3 Å². The Hall–Kier alpha value is -2.15. The van der Waals surface area contributed by atoms with Gasteiger partial charge in [0.1, 0.15) is 5.00 Å². The van der Waals surface area contributed by atoms with Crippen LogP contribution in [0.2, 0.25) is 0 Å². The van der Waals surface area contributed by atoms with Crippen LogP contribution < -0.4 is 5.32 Å². The molecule has 0 spiro atoms. The molecule has 7 heteroatoms. The molecule has 1 aromatic heterocycles. The number of amides is 1. The van der Waals surface area contributed by atoms with Gasteiger partial charge in [0, 0.05) is 4.88 Å². The SMILES string of the molecule is CC[C@H]1CCc2c(sc(NC(=O)[C@@H]3CC=CC[C@@H]3C(=O)O)c2C(=O)OC(C)C)C1. The lowest BCUT2D eigenvalue weighted by Crippen LogP contribution is -2.34. The number of carboxylic acids is 1. The van der Waals surface area contributed by atoms with Crippen LogP contribution >= 0.6 is 11.3 Å². The maximum atomic E-state index is 13.0. The van der Waals surface area contributed by atoms with Crippen molar-refractivity contribution in [2.24, 2.45) is 17.8 Å². The fourth-order valence-corrected chi connectivity index (χ4v) is 5.51. The molecule has 6 nitrogen and oxygen atoms in total. The van der Waals surface area contributed by atoms with Crippen LogP contribution in [0.15, 0.2) is 12.2 Å². The fraction of sp³-hybridized carbons (Fsp3) is 0.591. The Labute approximate surface area is 175 Å². The Kier molecular flexibility index (Phi) is 6.77. The van der Waals surface area contributed by atoms with Crippen molar-refractivity contribution in [3.63, 3.8) is 0 Å². The first kappa shape index (κ1) is 21.6. The normalized spacial score (nSPS) is 23.5. The molecule has 0 fully saturated rings. The average Bonchev–Trinajstić information content (AvgIpc) is 3.04. The number of hydrogen-bond donors (Lipinski definition) is 2. The number of hydrogen-bond acceptors (Lipinski definition) is 5. The van der Waals surface area contributed by atoms with Crippen LogP contribution in [0.4, 0.5) is 5.00 Å². The number of allylic oxidation sites excluding steroid dienone is 2. The first-order chi connectivity index (χ1) is 13.8. The summed E-state index contributed by atoms with van der Waals surface area (Å²) in [6, 6.07) is 0. The van der Waals surface area contributed by atoms with Gasteiger partial charge in [-0.2, -0.15) is 0 Å². The van der Waals surface area contributed by atoms with Gasteiger partial charge < -0.3 is 15.2 Å². The van der Waals surface area contributed by atoms with E-state index in [1.165, 1.54) is 11.3 Å². The topological polar surface area (TPSA) is 92.7 Å². The van der Waals surface area contributed by atoms with Crippen LogP contribution in [-0.4, -0.2) is 29.1 Å². The molecule has 0 saturated heterocycles. The van der Waals surface area contributed by atoms with Crippen LogP contribution in [0, 0.1) is 17.8 Å². The van der Waals surface area contributed by atoms with E-state index in [-0.39, 0.29) is 12.0 Å². The van der Waals surface area contributed by atoms with Crippen LogP contribution in [-0.2, 0) is 27.2 Å². The van der Waals surface area contributed by atoms with E-state index in [4.69, 9.17) is 4.74 Å². The van der Waals surface area contributed by atoms with Gasteiger partial charge in [-0.1, -0.05) is 25.5 Å². The second kappa shape index (κ2) is 9.11. The minimum absolute atomic E-state index is 0.256. The maximum absolute atomic E-state index is 13.0. The zero-order valence-electron chi connectivity index (χ0n) is 17.2. The van der Waals surface area contributed by atoms with Crippen molar-refractivity contribution in [3.05, 3.63) is 28.2 Å². The van der Waals surface area contributed by atoms with E-state index in [9.17, 15) is 19.5 Å². The van der Waals surface area contributed by atoms with Gasteiger partial charge in [0.15, 0.2) is 0 Å². The number of rotatable bonds is 6. The molecule has 0 radical (unpaired) electrons. The predicted octanol–water partition coefficient (Wildman–Crippen LogP) is 4.43.